The quantitative estimate of drug-likeness (QED) is 0.818. The molecule has 1 aliphatic carbocycles. The number of rotatable bonds is 3. The molecular weight excluding hydrogens is 287 g/mol. The minimum absolute atomic E-state index is 0.285. The molecule has 0 bridgehead atoms. The standard InChI is InChI=1S/C18H23BN2O2/c1-17(2)18(3,4)23-19(22-17)16-8-7-14(21-10-9-20-12-21)11-15(16)13-5-6-13/h7-13H,5-6H2,1-4H3. The number of hydrogen-bond donors (Lipinski definition) is 0. The summed E-state index contributed by atoms with van der Waals surface area (Å²) in [5, 5.41) is 0. The summed E-state index contributed by atoms with van der Waals surface area (Å²) in [7, 11) is -0.285. The smallest absolute Gasteiger partial charge is 0.399 e. The molecule has 0 radical (unpaired) electrons. The van der Waals surface area contributed by atoms with E-state index in [1.165, 1.54) is 23.9 Å². The Labute approximate surface area is 138 Å². The Bertz CT molecular complexity index is 705. The third-order valence-electron chi connectivity index (χ3n) is 5.40. The molecule has 120 valence electrons. The van der Waals surface area contributed by atoms with E-state index in [1.54, 1.807) is 6.20 Å². The van der Waals surface area contributed by atoms with Crippen molar-refractivity contribution in [3.05, 3.63) is 42.5 Å². The zero-order valence-corrected chi connectivity index (χ0v) is 14.2. The van der Waals surface area contributed by atoms with Gasteiger partial charge in [-0.3, -0.25) is 0 Å². The summed E-state index contributed by atoms with van der Waals surface area (Å²) < 4.78 is 14.6. The fourth-order valence-electron chi connectivity index (χ4n) is 3.07. The van der Waals surface area contributed by atoms with Gasteiger partial charge in [0.1, 0.15) is 0 Å². The van der Waals surface area contributed by atoms with Crippen LogP contribution in [0.15, 0.2) is 36.9 Å². The van der Waals surface area contributed by atoms with Gasteiger partial charge < -0.3 is 13.9 Å². The molecule has 2 aliphatic rings. The van der Waals surface area contributed by atoms with Gasteiger partial charge >= 0.3 is 7.12 Å². The lowest BCUT2D eigenvalue weighted by Gasteiger charge is -2.32. The second-order valence-corrected chi connectivity index (χ2v) is 7.65. The number of nitrogens with zero attached hydrogens (tertiary/aromatic N) is 2. The van der Waals surface area contributed by atoms with Crippen LogP contribution in [-0.4, -0.2) is 27.9 Å². The molecule has 5 heteroatoms. The summed E-state index contributed by atoms with van der Waals surface area (Å²) >= 11 is 0. The van der Waals surface area contributed by atoms with Gasteiger partial charge in [-0.25, -0.2) is 4.98 Å². The van der Waals surface area contributed by atoms with E-state index >= 15 is 0 Å². The molecule has 4 nitrogen and oxygen atoms in total. The second-order valence-electron chi connectivity index (χ2n) is 7.65. The van der Waals surface area contributed by atoms with Crippen LogP contribution in [-0.2, 0) is 9.31 Å². The van der Waals surface area contributed by atoms with E-state index in [2.05, 4.69) is 50.9 Å². The third kappa shape index (κ3) is 2.52. The Balaban J connectivity index is 1.72. The highest BCUT2D eigenvalue weighted by Gasteiger charge is 2.52. The zero-order valence-electron chi connectivity index (χ0n) is 14.2. The van der Waals surface area contributed by atoms with Gasteiger partial charge in [0, 0.05) is 18.1 Å². The number of benzene rings is 1. The van der Waals surface area contributed by atoms with Gasteiger partial charge in [0.15, 0.2) is 0 Å². The fourth-order valence-corrected chi connectivity index (χ4v) is 3.07. The predicted molar refractivity (Wildman–Crippen MR) is 91.3 cm³/mol. The van der Waals surface area contributed by atoms with Crippen molar-refractivity contribution < 1.29 is 9.31 Å². The maximum absolute atomic E-state index is 6.26. The molecule has 2 heterocycles. The molecule has 0 unspecified atom stereocenters. The minimum atomic E-state index is -0.304. The summed E-state index contributed by atoms with van der Waals surface area (Å²) in [4.78, 5) is 4.14. The van der Waals surface area contributed by atoms with Crippen molar-refractivity contribution in [1.29, 1.82) is 0 Å². The van der Waals surface area contributed by atoms with E-state index in [1.807, 2.05) is 17.1 Å². The monoisotopic (exact) mass is 310 g/mol. The number of aromatic nitrogens is 2. The topological polar surface area (TPSA) is 36.3 Å². The van der Waals surface area contributed by atoms with Crippen LogP contribution in [0, 0.1) is 0 Å². The van der Waals surface area contributed by atoms with Gasteiger partial charge in [-0.1, -0.05) is 6.07 Å². The maximum atomic E-state index is 6.26. The minimum Gasteiger partial charge on any atom is -0.399 e. The SMILES string of the molecule is CC1(C)OB(c2ccc(-n3ccnc3)cc2C2CC2)OC1(C)C. The van der Waals surface area contributed by atoms with Gasteiger partial charge in [-0.05, 0) is 69.6 Å². The van der Waals surface area contributed by atoms with Crippen LogP contribution in [0.1, 0.15) is 52.0 Å². The lowest BCUT2D eigenvalue weighted by molar-refractivity contribution is 0.00578. The first-order valence-electron chi connectivity index (χ1n) is 8.35. The molecule has 0 amide bonds. The van der Waals surface area contributed by atoms with Crippen molar-refractivity contribution in [2.24, 2.45) is 0 Å². The van der Waals surface area contributed by atoms with Crippen LogP contribution < -0.4 is 5.46 Å². The molecular formula is C18H23BN2O2. The molecule has 2 fully saturated rings. The summed E-state index contributed by atoms with van der Waals surface area (Å²) in [5.41, 5.74) is 3.07. The molecule has 4 rings (SSSR count). The van der Waals surface area contributed by atoms with Crippen LogP contribution in [0.4, 0.5) is 0 Å². The number of imidazole rings is 1. The lowest BCUT2D eigenvalue weighted by Crippen LogP contribution is -2.41. The van der Waals surface area contributed by atoms with Crippen LogP contribution in [0.5, 0.6) is 0 Å². The normalized spacial score (nSPS) is 22.5. The Morgan fingerprint density at radius 3 is 2.39 bits per heavy atom. The average Bonchev–Trinajstić information content (AvgIpc) is 3.13. The van der Waals surface area contributed by atoms with E-state index in [0.29, 0.717) is 5.92 Å². The van der Waals surface area contributed by atoms with Gasteiger partial charge in [-0.15, -0.1) is 0 Å². The van der Waals surface area contributed by atoms with Crippen LogP contribution >= 0.6 is 0 Å². The molecule has 1 saturated carbocycles. The fraction of sp³-hybridized carbons (Fsp3) is 0.500. The zero-order chi connectivity index (χ0) is 16.2. The summed E-state index contributed by atoms with van der Waals surface area (Å²) in [5.74, 6) is 0.632. The first-order valence-corrected chi connectivity index (χ1v) is 8.35. The van der Waals surface area contributed by atoms with Crippen molar-refractivity contribution in [2.45, 2.75) is 57.7 Å². The van der Waals surface area contributed by atoms with Crippen molar-refractivity contribution in [3.63, 3.8) is 0 Å². The molecule has 0 atom stereocenters. The van der Waals surface area contributed by atoms with E-state index in [-0.39, 0.29) is 18.3 Å². The van der Waals surface area contributed by atoms with Crippen molar-refractivity contribution in [1.82, 2.24) is 9.55 Å². The van der Waals surface area contributed by atoms with E-state index < -0.39 is 0 Å². The van der Waals surface area contributed by atoms with E-state index in [4.69, 9.17) is 9.31 Å². The Morgan fingerprint density at radius 1 is 1.13 bits per heavy atom. The largest absolute Gasteiger partial charge is 0.495 e. The third-order valence-corrected chi connectivity index (χ3v) is 5.40. The molecule has 23 heavy (non-hydrogen) atoms. The lowest BCUT2D eigenvalue weighted by atomic mass is 9.74. The predicted octanol–water partition coefficient (Wildman–Crippen LogP) is 3.05. The van der Waals surface area contributed by atoms with Crippen LogP contribution in [0.25, 0.3) is 5.69 Å². The van der Waals surface area contributed by atoms with Gasteiger partial charge in [0.2, 0.25) is 0 Å². The first kappa shape index (κ1) is 15.0. The Kier molecular flexibility index (Phi) is 3.22. The second kappa shape index (κ2) is 4.95. The Morgan fingerprint density at radius 2 is 1.83 bits per heavy atom. The van der Waals surface area contributed by atoms with Gasteiger partial charge in [0.25, 0.3) is 0 Å². The maximum Gasteiger partial charge on any atom is 0.495 e. The molecule has 1 saturated heterocycles. The van der Waals surface area contributed by atoms with Crippen LogP contribution in [0.3, 0.4) is 0 Å². The summed E-state index contributed by atoms with van der Waals surface area (Å²) in [6.07, 6.45) is 8.11. The molecule has 2 aromatic rings. The molecule has 1 aromatic heterocycles. The molecule has 1 aromatic carbocycles. The average molecular weight is 310 g/mol. The summed E-state index contributed by atoms with van der Waals surface area (Å²) in [6.45, 7) is 8.40. The molecule has 1 aliphatic heterocycles. The van der Waals surface area contributed by atoms with Gasteiger partial charge in [0.05, 0.1) is 17.5 Å². The Hall–Kier alpha value is -1.59. The molecule has 0 N–H and O–H groups in total. The van der Waals surface area contributed by atoms with Crippen molar-refractivity contribution >= 4 is 12.6 Å². The van der Waals surface area contributed by atoms with Crippen molar-refractivity contribution in [2.75, 3.05) is 0 Å². The number of hydrogen-bond acceptors (Lipinski definition) is 3. The van der Waals surface area contributed by atoms with Crippen LogP contribution in [0.2, 0.25) is 0 Å². The first-order chi connectivity index (χ1) is 10.9. The summed E-state index contributed by atoms with van der Waals surface area (Å²) in [6, 6.07) is 6.54. The molecule has 0 spiro atoms. The highest BCUT2D eigenvalue weighted by Crippen LogP contribution is 2.42. The van der Waals surface area contributed by atoms with Crippen molar-refractivity contribution in [3.8, 4) is 5.69 Å². The van der Waals surface area contributed by atoms with E-state index in [9.17, 15) is 0 Å². The van der Waals surface area contributed by atoms with E-state index in [0.717, 1.165) is 5.69 Å². The van der Waals surface area contributed by atoms with Gasteiger partial charge in [-0.2, -0.15) is 0 Å². The highest BCUT2D eigenvalue weighted by atomic mass is 16.7. The highest BCUT2D eigenvalue weighted by molar-refractivity contribution is 6.62.